The van der Waals surface area contributed by atoms with Gasteiger partial charge in [0.05, 0.1) is 46.9 Å². The molecular formula is C84H110N4O4S3. The first-order valence-electron chi connectivity index (χ1n) is 38.2. The zero-order valence-corrected chi connectivity index (χ0v) is 61.4. The van der Waals surface area contributed by atoms with Gasteiger partial charge >= 0.3 is 0 Å². The molecule has 0 fully saturated rings. The lowest BCUT2D eigenvalue weighted by atomic mass is 9.82. The Hall–Kier alpha value is -5.72. The maximum Gasteiger partial charge on any atom is 0.262 e. The molecule has 2 aliphatic heterocycles. The zero-order chi connectivity index (χ0) is 66.5. The van der Waals surface area contributed by atoms with Crippen LogP contribution in [0.25, 0.3) is 62.2 Å². The number of imide groups is 2. The number of carbonyl (C=O) groups excluding carboxylic acids is 4. The monoisotopic (exact) mass is 1330 g/mol. The molecule has 0 saturated carbocycles. The van der Waals surface area contributed by atoms with Gasteiger partial charge in [0.2, 0.25) is 0 Å². The van der Waals surface area contributed by atoms with Crippen molar-refractivity contribution in [3.8, 4) is 23.7 Å². The number of hydrogen-bond donors (Lipinski definition) is 0. The number of hydrogen-bond acceptors (Lipinski definition) is 9. The summed E-state index contributed by atoms with van der Waals surface area (Å²) in [7, 11) is 0. The molecule has 5 aromatic heterocycles. The summed E-state index contributed by atoms with van der Waals surface area (Å²) in [5, 5.41) is 4.04. The first-order chi connectivity index (χ1) is 46.6. The topological polar surface area (TPSA) is 101 Å². The first-order valence-corrected chi connectivity index (χ1v) is 40.6. The highest BCUT2D eigenvalue weighted by Crippen LogP contribution is 2.48. The largest absolute Gasteiger partial charge is 0.274 e. The Balaban J connectivity index is 0.987. The number of rotatable bonds is 44. The van der Waals surface area contributed by atoms with Crippen molar-refractivity contribution in [3.63, 3.8) is 0 Å². The van der Waals surface area contributed by atoms with Crippen LogP contribution in [0.5, 0.6) is 0 Å². The number of carbonyl (C=O) groups is 4. The van der Waals surface area contributed by atoms with Gasteiger partial charge < -0.3 is 0 Å². The molecule has 0 N–H and O–H groups in total. The van der Waals surface area contributed by atoms with Crippen LogP contribution in [0.1, 0.15) is 354 Å². The van der Waals surface area contributed by atoms with E-state index < -0.39 is 0 Å². The highest BCUT2D eigenvalue weighted by Gasteiger charge is 2.40. The van der Waals surface area contributed by atoms with E-state index >= 15 is 19.2 Å². The van der Waals surface area contributed by atoms with Crippen molar-refractivity contribution in [3.05, 3.63) is 79.8 Å². The second kappa shape index (κ2) is 36.7. The molecule has 2 atom stereocenters. The number of amides is 4. The van der Waals surface area contributed by atoms with E-state index in [1.165, 1.54) is 224 Å². The van der Waals surface area contributed by atoms with E-state index in [4.69, 9.17) is 9.97 Å². The maximum absolute atomic E-state index is 15.6. The quantitative estimate of drug-likeness (QED) is 0.0124. The molecule has 0 bridgehead atoms. The predicted octanol–water partition coefficient (Wildman–Crippen LogP) is 25.2. The average Bonchev–Trinajstić information content (AvgIpc) is 1.27. The summed E-state index contributed by atoms with van der Waals surface area (Å²) in [5.74, 6) is 12.8. The van der Waals surface area contributed by atoms with Crippen molar-refractivity contribution < 1.29 is 19.2 Å². The number of benzene rings is 3. The van der Waals surface area contributed by atoms with E-state index in [1.54, 1.807) is 56.2 Å². The lowest BCUT2D eigenvalue weighted by Gasteiger charge is -2.32. The number of fused-ring (bicyclic) bond motifs is 5. The number of aromatic nitrogens is 2. The van der Waals surface area contributed by atoms with Gasteiger partial charge in [-0.15, -0.1) is 39.9 Å². The van der Waals surface area contributed by atoms with Gasteiger partial charge in [-0.05, 0) is 81.2 Å². The van der Waals surface area contributed by atoms with Gasteiger partial charge in [-0.25, -0.2) is 0 Å². The average molecular weight is 1340 g/mol. The van der Waals surface area contributed by atoms with Gasteiger partial charge in [-0.1, -0.05) is 277 Å². The molecule has 7 heterocycles. The molecule has 95 heavy (non-hydrogen) atoms. The summed E-state index contributed by atoms with van der Waals surface area (Å²) in [6, 6.07) is 8.25. The molecule has 2 unspecified atom stereocenters. The van der Waals surface area contributed by atoms with Gasteiger partial charge in [0.15, 0.2) is 0 Å². The molecule has 10 rings (SSSR count). The van der Waals surface area contributed by atoms with Crippen LogP contribution in [0, 0.1) is 42.4 Å². The molecule has 8 aromatic rings. The molecule has 508 valence electrons. The highest BCUT2D eigenvalue weighted by molar-refractivity contribution is 7.38. The van der Waals surface area contributed by atoms with E-state index in [2.05, 4.69) is 63.5 Å². The van der Waals surface area contributed by atoms with Gasteiger partial charge in [0.25, 0.3) is 23.6 Å². The van der Waals surface area contributed by atoms with Gasteiger partial charge in [-0.2, -0.15) is 0 Å². The van der Waals surface area contributed by atoms with Crippen LogP contribution in [0.3, 0.4) is 0 Å². The van der Waals surface area contributed by atoms with E-state index in [0.717, 1.165) is 72.1 Å². The Kier molecular flexibility index (Phi) is 27.9. The van der Waals surface area contributed by atoms with Crippen LogP contribution in [0.2, 0.25) is 0 Å². The Bertz CT molecular complexity index is 4010. The molecule has 0 aliphatic carbocycles. The first kappa shape index (κ1) is 72.0. The second-order valence-corrected chi connectivity index (χ2v) is 31.7. The smallest absolute Gasteiger partial charge is 0.262 e. The summed E-state index contributed by atoms with van der Waals surface area (Å²) in [5.41, 5.74) is 4.47. The molecule has 0 radical (unpaired) electrons. The zero-order valence-electron chi connectivity index (χ0n) is 59.0. The SMILES string of the molecule is CC#Cc1cc2sc3cc(C#Cc4cc5c6c(cnc7c8c(C)cc9c%10c(cnc(c4c67)c%108)C(=O)N(CC(CCCCCCCCCC)CCCCCCCCCCCC)C9=O)C(=O)N(CC(CCCCCCCCCC)CCCCCCCCCCCC)C5=O)sc3c2s1. The molecule has 0 spiro atoms. The third-order valence-electron chi connectivity index (χ3n) is 21.0. The third kappa shape index (κ3) is 17.8. The van der Waals surface area contributed by atoms with Crippen molar-refractivity contribution in [1.82, 2.24) is 19.8 Å². The molecule has 11 heteroatoms. The van der Waals surface area contributed by atoms with E-state index in [1.807, 2.05) is 26.0 Å². The van der Waals surface area contributed by atoms with Crippen LogP contribution in [-0.4, -0.2) is 56.5 Å². The number of thiophene rings is 3. The van der Waals surface area contributed by atoms with E-state index in [9.17, 15) is 0 Å². The Morgan fingerprint density at radius 1 is 0.368 bits per heavy atom. The molecular weight excluding hydrogens is 1230 g/mol. The van der Waals surface area contributed by atoms with Crippen molar-refractivity contribution in [1.29, 1.82) is 0 Å². The van der Waals surface area contributed by atoms with Gasteiger partial charge in [0, 0.05) is 78.3 Å². The van der Waals surface area contributed by atoms with E-state index in [-0.39, 0.29) is 35.5 Å². The minimum absolute atomic E-state index is 0.191. The number of nitrogens with zero attached hydrogens (tertiary/aromatic N) is 4. The standard InChI is InChI=1S/C84H110N4O4S3/c1-7-12-16-20-24-28-30-34-38-42-46-60(45-40-36-32-26-22-18-14-9-3)57-87-81(89)65-51-59(6)71-75-73(65)67(83(87)91)56-86-78(75)72-62(49-50-64-54-70-80(94-64)79-69(95-70)53-63(93-79)44-11-5)52-66-74-68(55-85-77(71)76(72)74)84(92)88(82(66)90)58-61(47-41-37-33-27-23-19-15-10-4)48-43-39-35-31-29-25-21-17-13-8-2/h51-56,60-61H,7-10,12-43,45-48,57-58H2,1-6H3. The Morgan fingerprint density at radius 3 is 1.09 bits per heavy atom. The Morgan fingerprint density at radius 2 is 0.705 bits per heavy atom. The molecule has 3 aromatic carbocycles. The summed E-state index contributed by atoms with van der Waals surface area (Å²) in [4.78, 5) is 77.3. The summed E-state index contributed by atoms with van der Waals surface area (Å²) in [6.45, 7) is 13.8. The molecule has 2 aliphatic rings. The summed E-state index contributed by atoms with van der Waals surface area (Å²) >= 11 is 5.16. The second-order valence-electron chi connectivity index (χ2n) is 28.5. The fourth-order valence-corrected chi connectivity index (χ4v) is 19.5. The minimum Gasteiger partial charge on any atom is -0.274 e. The van der Waals surface area contributed by atoms with Crippen molar-refractivity contribution >= 4 is 120 Å². The lowest BCUT2D eigenvalue weighted by Crippen LogP contribution is -2.43. The van der Waals surface area contributed by atoms with Gasteiger partial charge in [0.1, 0.15) is 0 Å². The van der Waals surface area contributed by atoms with Crippen LogP contribution >= 0.6 is 34.0 Å². The number of aryl methyl sites for hydroxylation is 1. The molecule has 8 nitrogen and oxygen atoms in total. The fourth-order valence-electron chi connectivity index (χ4n) is 15.7. The van der Waals surface area contributed by atoms with Crippen LogP contribution in [-0.2, 0) is 0 Å². The molecule has 0 saturated heterocycles. The molecule has 4 amide bonds. The maximum atomic E-state index is 15.6. The highest BCUT2D eigenvalue weighted by atomic mass is 32.1. The summed E-state index contributed by atoms with van der Waals surface area (Å²) < 4.78 is 4.83. The minimum atomic E-state index is -0.298. The van der Waals surface area contributed by atoms with E-state index in [0.29, 0.717) is 78.9 Å². The van der Waals surface area contributed by atoms with Crippen LogP contribution in [0.15, 0.2) is 36.7 Å². The number of unbranched alkanes of at least 4 members (excludes halogenated alkanes) is 32. The normalized spacial score (nSPS) is 13.9. The number of pyridine rings is 2. The van der Waals surface area contributed by atoms with Crippen molar-refractivity contribution in [2.75, 3.05) is 13.1 Å². The lowest BCUT2D eigenvalue weighted by molar-refractivity contribution is 0.0562. The van der Waals surface area contributed by atoms with Crippen LogP contribution in [0.4, 0.5) is 0 Å². The fraction of sp³-hybridized carbons (Fsp3) is 0.595. The van der Waals surface area contributed by atoms with Crippen LogP contribution < -0.4 is 0 Å². The summed E-state index contributed by atoms with van der Waals surface area (Å²) in [6.07, 6.45) is 52.6. The van der Waals surface area contributed by atoms with Gasteiger partial charge in [-0.3, -0.25) is 38.9 Å². The van der Waals surface area contributed by atoms with Crippen molar-refractivity contribution in [2.45, 2.75) is 298 Å². The Labute approximate surface area is 581 Å². The third-order valence-corrected chi connectivity index (χ3v) is 24.6. The predicted molar refractivity (Wildman–Crippen MR) is 407 cm³/mol. The van der Waals surface area contributed by atoms with Crippen molar-refractivity contribution in [2.24, 2.45) is 11.8 Å².